The van der Waals surface area contributed by atoms with E-state index in [1.807, 2.05) is 0 Å². The fourth-order valence-corrected chi connectivity index (χ4v) is 2.77. The van der Waals surface area contributed by atoms with Crippen molar-refractivity contribution in [3.8, 4) is 0 Å². The van der Waals surface area contributed by atoms with Gasteiger partial charge >= 0.3 is 11.9 Å². The van der Waals surface area contributed by atoms with Crippen molar-refractivity contribution in [2.24, 2.45) is 0 Å². The van der Waals surface area contributed by atoms with E-state index in [2.05, 4.69) is 0 Å². The van der Waals surface area contributed by atoms with E-state index >= 15 is 0 Å². The Morgan fingerprint density at radius 3 is 2.21 bits per heavy atom. The molecule has 5 nitrogen and oxygen atoms in total. The number of hydrogen-bond acceptors (Lipinski definition) is 3. The van der Waals surface area contributed by atoms with E-state index < -0.39 is 11.9 Å². The van der Waals surface area contributed by atoms with Gasteiger partial charge in [-0.1, -0.05) is 19.3 Å². The highest BCUT2D eigenvalue weighted by atomic mass is 16.4. The largest absolute Gasteiger partial charge is 0.478 e. The molecule has 1 aromatic carbocycles. The predicted molar refractivity (Wildman–Crippen MR) is 70.6 cm³/mol. The molecule has 1 aliphatic rings. The summed E-state index contributed by atoms with van der Waals surface area (Å²) in [6.45, 7) is 0. The van der Waals surface area contributed by atoms with Gasteiger partial charge in [0.05, 0.1) is 11.1 Å². The number of benzene rings is 1. The molecule has 0 amide bonds. The molecule has 0 radical (unpaired) electrons. The van der Waals surface area contributed by atoms with Crippen LogP contribution in [-0.4, -0.2) is 22.2 Å². The van der Waals surface area contributed by atoms with Crippen LogP contribution in [0.1, 0.15) is 64.3 Å². The van der Waals surface area contributed by atoms with Crippen LogP contribution in [0.4, 0.5) is 5.69 Å². The Morgan fingerprint density at radius 2 is 1.68 bits per heavy atom. The van der Waals surface area contributed by atoms with Crippen molar-refractivity contribution >= 4 is 17.6 Å². The second kappa shape index (κ2) is 5.30. The van der Waals surface area contributed by atoms with E-state index in [9.17, 15) is 9.59 Å². The number of nitrogen functional groups attached to an aromatic ring is 1. The summed E-state index contributed by atoms with van der Waals surface area (Å²) in [5.74, 6) is -2.26. The number of rotatable bonds is 3. The maximum Gasteiger partial charge on any atom is 0.338 e. The van der Waals surface area contributed by atoms with Gasteiger partial charge in [-0.2, -0.15) is 0 Å². The minimum atomic E-state index is -1.30. The Labute approximate surface area is 111 Å². The summed E-state index contributed by atoms with van der Waals surface area (Å²) in [5, 5.41) is 18.2. The standard InChI is InChI=1S/C14H17NO4/c15-11-7-9(8-4-2-1-3-5-8)6-10(13(16)17)12(11)14(18)19/h6-8H,1-5,15H2,(H,16,17)(H,18,19). The minimum absolute atomic E-state index is 0.0352. The average molecular weight is 263 g/mol. The molecule has 0 atom stereocenters. The topological polar surface area (TPSA) is 101 Å². The SMILES string of the molecule is Nc1cc(C2CCCCC2)cc(C(=O)O)c1C(=O)O. The summed E-state index contributed by atoms with van der Waals surface area (Å²) in [5.41, 5.74) is 6.08. The molecular formula is C14H17NO4. The molecule has 0 unspecified atom stereocenters. The van der Waals surface area contributed by atoms with Gasteiger partial charge in [0, 0.05) is 5.69 Å². The Hall–Kier alpha value is -2.04. The lowest BCUT2D eigenvalue weighted by molar-refractivity contribution is 0.0652. The molecule has 19 heavy (non-hydrogen) atoms. The highest BCUT2D eigenvalue weighted by Crippen LogP contribution is 2.35. The van der Waals surface area contributed by atoms with E-state index in [1.54, 1.807) is 6.07 Å². The molecule has 1 aliphatic carbocycles. The van der Waals surface area contributed by atoms with Crippen LogP contribution in [0.2, 0.25) is 0 Å². The summed E-state index contributed by atoms with van der Waals surface area (Å²) in [4.78, 5) is 22.3. The second-order valence-corrected chi connectivity index (χ2v) is 4.98. The fourth-order valence-electron chi connectivity index (χ4n) is 2.77. The Balaban J connectivity index is 2.47. The van der Waals surface area contributed by atoms with Gasteiger partial charge in [0.2, 0.25) is 0 Å². The van der Waals surface area contributed by atoms with Crippen LogP contribution in [0.3, 0.4) is 0 Å². The molecule has 0 aromatic heterocycles. The van der Waals surface area contributed by atoms with Crippen molar-refractivity contribution in [1.82, 2.24) is 0 Å². The molecule has 0 heterocycles. The Kier molecular flexibility index (Phi) is 3.74. The van der Waals surface area contributed by atoms with Crippen molar-refractivity contribution in [1.29, 1.82) is 0 Å². The Morgan fingerprint density at radius 1 is 1.05 bits per heavy atom. The van der Waals surface area contributed by atoms with Crippen LogP contribution in [0, 0.1) is 0 Å². The molecule has 1 saturated carbocycles. The maximum atomic E-state index is 11.2. The molecule has 1 fully saturated rings. The summed E-state index contributed by atoms with van der Waals surface area (Å²) < 4.78 is 0. The van der Waals surface area contributed by atoms with Gasteiger partial charge in [0.25, 0.3) is 0 Å². The average Bonchev–Trinajstić information content (AvgIpc) is 2.38. The highest BCUT2D eigenvalue weighted by Gasteiger charge is 2.23. The number of carboxylic acids is 2. The second-order valence-electron chi connectivity index (χ2n) is 4.98. The lowest BCUT2D eigenvalue weighted by Crippen LogP contribution is -2.14. The Bertz CT molecular complexity index is 518. The van der Waals surface area contributed by atoms with Crippen LogP contribution < -0.4 is 5.73 Å². The number of anilines is 1. The van der Waals surface area contributed by atoms with Gasteiger partial charge in [-0.15, -0.1) is 0 Å². The summed E-state index contributed by atoms with van der Waals surface area (Å²) in [6, 6.07) is 3.09. The minimum Gasteiger partial charge on any atom is -0.478 e. The summed E-state index contributed by atoms with van der Waals surface area (Å²) >= 11 is 0. The van der Waals surface area contributed by atoms with Crippen LogP contribution in [-0.2, 0) is 0 Å². The van der Waals surface area contributed by atoms with Gasteiger partial charge in [0.15, 0.2) is 0 Å². The van der Waals surface area contributed by atoms with Crippen molar-refractivity contribution in [3.05, 3.63) is 28.8 Å². The maximum absolute atomic E-state index is 11.2. The number of hydrogen-bond donors (Lipinski definition) is 3. The van der Waals surface area contributed by atoms with E-state index in [0.717, 1.165) is 31.2 Å². The van der Waals surface area contributed by atoms with E-state index in [1.165, 1.54) is 12.5 Å². The number of nitrogens with two attached hydrogens (primary N) is 1. The zero-order chi connectivity index (χ0) is 14.0. The van der Waals surface area contributed by atoms with Crippen molar-refractivity contribution in [2.45, 2.75) is 38.0 Å². The van der Waals surface area contributed by atoms with Crippen LogP contribution >= 0.6 is 0 Å². The van der Waals surface area contributed by atoms with Gasteiger partial charge in [-0.25, -0.2) is 9.59 Å². The number of carboxylic acid groups (broad SMARTS) is 2. The highest BCUT2D eigenvalue weighted by molar-refractivity contribution is 6.05. The first kappa shape index (κ1) is 13.4. The lowest BCUT2D eigenvalue weighted by atomic mass is 9.82. The first-order valence-electron chi connectivity index (χ1n) is 6.40. The molecule has 0 aliphatic heterocycles. The molecule has 5 heteroatoms. The van der Waals surface area contributed by atoms with Crippen LogP contribution in [0.25, 0.3) is 0 Å². The first-order valence-corrected chi connectivity index (χ1v) is 6.40. The van der Waals surface area contributed by atoms with E-state index in [-0.39, 0.29) is 22.7 Å². The quantitative estimate of drug-likeness (QED) is 0.728. The van der Waals surface area contributed by atoms with Gasteiger partial charge in [0.1, 0.15) is 0 Å². The molecule has 4 N–H and O–H groups in total. The van der Waals surface area contributed by atoms with Crippen molar-refractivity contribution in [2.75, 3.05) is 5.73 Å². The fraction of sp³-hybridized carbons (Fsp3) is 0.429. The first-order chi connectivity index (χ1) is 9.00. The molecular weight excluding hydrogens is 246 g/mol. The molecule has 0 saturated heterocycles. The van der Waals surface area contributed by atoms with Crippen molar-refractivity contribution < 1.29 is 19.8 Å². The summed E-state index contributed by atoms with van der Waals surface area (Å²) in [6.07, 6.45) is 5.45. The predicted octanol–water partition coefficient (Wildman–Crippen LogP) is 2.71. The third-order valence-electron chi connectivity index (χ3n) is 3.71. The lowest BCUT2D eigenvalue weighted by Gasteiger charge is -2.23. The zero-order valence-corrected chi connectivity index (χ0v) is 10.6. The monoisotopic (exact) mass is 263 g/mol. The van der Waals surface area contributed by atoms with E-state index in [4.69, 9.17) is 15.9 Å². The van der Waals surface area contributed by atoms with Gasteiger partial charge in [-0.3, -0.25) is 0 Å². The molecule has 102 valence electrons. The number of aromatic carboxylic acids is 2. The molecule has 1 aromatic rings. The third-order valence-corrected chi connectivity index (χ3v) is 3.71. The molecule has 0 bridgehead atoms. The summed E-state index contributed by atoms with van der Waals surface area (Å²) in [7, 11) is 0. The normalized spacial score (nSPS) is 16.2. The van der Waals surface area contributed by atoms with Crippen LogP contribution in [0.5, 0.6) is 0 Å². The van der Waals surface area contributed by atoms with Gasteiger partial charge in [-0.05, 0) is 36.5 Å². The zero-order valence-electron chi connectivity index (χ0n) is 10.6. The smallest absolute Gasteiger partial charge is 0.338 e. The molecule has 0 spiro atoms. The van der Waals surface area contributed by atoms with E-state index in [0.29, 0.717) is 0 Å². The number of carbonyl (C=O) groups is 2. The van der Waals surface area contributed by atoms with Gasteiger partial charge < -0.3 is 15.9 Å². The van der Waals surface area contributed by atoms with Crippen molar-refractivity contribution in [3.63, 3.8) is 0 Å². The van der Waals surface area contributed by atoms with Crippen LogP contribution in [0.15, 0.2) is 12.1 Å². The molecule has 2 rings (SSSR count). The third kappa shape index (κ3) is 2.70.